The van der Waals surface area contributed by atoms with Crippen molar-refractivity contribution < 1.29 is 9.59 Å². The van der Waals surface area contributed by atoms with Crippen LogP contribution in [0.25, 0.3) is 0 Å². The van der Waals surface area contributed by atoms with Crippen LogP contribution in [0, 0.1) is 5.92 Å². The number of halogens is 1. The molecule has 1 fully saturated rings. The SMILES string of the molecule is CCC(N)(CC)CNC(=O)c1cccc(NC(=O)C2CC2)c1.Cl. The first kappa shape index (κ1) is 19.5. The van der Waals surface area contributed by atoms with Crippen molar-refractivity contribution in [3.8, 4) is 0 Å². The molecule has 0 atom stereocenters. The molecular formula is C17H26ClN3O2. The summed E-state index contributed by atoms with van der Waals surface area (Å²) in [5, 5.41) is 5.73. The van der Waals surface area contributed by atoms with Crippen LogP contribution in [0.5, 0.6) is 0 Å². The van der Waals surface area contributed by atoms with Gasteiger partial charge in [-0.1, -0.05) is 19.9 Å². The van der Waals surface area contributed by atoms with Crippen molar-refractivity contribution in [2.24, 2.45) is 11.7 Å². The van der Waals surface area contributed by atoms with Crippen LogP contribution in [0.3, 0.4) is 0 Å². The standard InChI is InChI=1S/C17H25N3O2.ClH/c1-3-17(18,4-2)11-19-15(21)13-6-5-7-14(10-13)20-16(22)12-8-9-12;/h5-7,10,12H,3-4,8-9,11,18H2,1-2H3,(H,19,21)(H,20,22);1H. The van der Waals surface area contributed by atoms with E-state index in [-0.39, 0.29) is 35.7 Å². The van der Waals surface area contributed by atoms with Crippen molar-refractivity contribution in [2.75, 3.05) is 11.9 Å². The van der Waals surface area contributed by atoms with Gasteiger partial charge in [0.2, 0.25) is 5.91 Å². The lowest BCUT2D eigenvalue weighted by molar-refractivity contribution is -0.117. The molecule has 2 rings (SSSR count). The Morgan fingerprint density at radius 2 is 1.91 bits per heavy atom. The topological polar surface area (TPSA) is 84.2 Å². The van der Waals surface area contributed by atoms with Gasteiger partial charge in [-0.2, -0.15) is 0 Å². The summed E-state index contributed by atoms with van der Waals surface area (Å²) in [5.74, 6) is 0.0131. The van der Waals surface area contributed by atoms with E-state index in [2.05, 4.69) is 10.6 Å². The number of anilines is 1. The molecule has 5 nitrogen and oxygen atoms in total. The molecule has 1 aromatic carbocycles. The number of amides is 2. The van der Waals surface area contributed by atoms with Crippen molar-refractivity contribution in [1.82, 2.24) is 5.32 Å². The molecule has 6 heteroatoms. The van der Waals surface area contributed by atoms with E-state index in [4.69, 9.17) is 5.73 Å². The summed E-state index contributed by atoms with van der Waals surface area (Å²) < 4.78 is 0. The van der Waals surface area contributed by atoms with E-state index in [1.807, 2.05) is 13.8 Å². The van der Waals surface area contributed by atoms with Gasteiger partial charge in [-0.05, 0) is 43.9 Å². The van der Waals surface area contributed by atoms with Crippen LogP contribution < -0.4 is 16.4 Å². The minimum atomic E-state index is -0.368. The molecule has 0 heterocycles. The molecule has 1 saturated carbocycles. The van der Waals surface area contributed by atoms with Crippen LogP contribution in [0.2, 0.25) is 0 Å². The number of benzene rings is 1. The second kappa shape index (κ2) is 8.31. The zero-order chi connectivity index (χ0) is 16.2. The normalized spacial score (nSPS) is 13.9. The Morgan fingerprint density at radius 1 is 1.26 bits per heavy atom. The zero-order valence-corrected chi connectivity index (χ0v) is 14.5. The van der Waals surface area contributed by atoms with Crippen LogP contribution >= 0.6 is 12.4 Å². The van der Waals surface area contributed by atoms with Gasteiger partial charge in [-0.3, -0.25) is 9.59 Å². The van der Waals surface area contributed by atoms with E-state index in [9.17, 15) is 9.59 Å². The highest BCUT2D eigenvalue weighted by Crippen LogP contribution is 2.30. The Bertz CT molecular complexity index is 555. The molecule has 0 aromatic heterocycles. The van der Waals surface area contributed by atoms with Crippen LogP contribution in [0.15, 0.2) is 24.3 Å². The number of hydrogen-bond acceptors (Lipinski definition) is 3. The van der Waals surface area contributed by atoms with Crippen LogP contribution in [0.1, 0.15) is 49.9 Å². The van der Waals surface area contributed by atoms with Gasteiger partial charge in [0.15, 0.2) is 0 Å². The summed E-state index contributed by atoms with van der Waals surface area (Å²) in [6.07, 6.45) is 3.53. The van der Waals surface area contributed by atoms with Crippen LogP contribution in [0.4, 0.5) is 5.69 Å². The van der Waals surface area contributed by atoms with Crippen LogP contribution in [-0.2, 0) is 4.79 Å². The largest absolute Gasteiger partial charge is 0.350 e. The summed E-state index contributed by atoms with van der Waals surface area (Å²) >= 11 is 0. The van der Waals surface area contributed by atoms with Gasteiger partial charge < -0.3 is 16.4 Å². The Morgan fingerprint density at radius 3 is 2.48 bits per heavy atom. The molecule has 1 aliphatic rings. The molecule has 2 amide bonds. The first-order chi connectivity index (χ1) is 10.5. The number of hydrogen-bond donors (Lipinski definition) is 3. The molecular weight excluding hydrogens is 314 g/mol. The van der Waals surface area contributed by atoms with E-state index in [1.165, 1.54) is 0 Å². The fourth-order valence-electron chi connectivity index (χ4n) is 2.19. The fraction of sp³-hybridized carbons (Fsp3) is 0.529. The quantitative estimate of drug-likeness (QED) is 0.714. The molecule has 0 aliphatic heterocycles. The molecule has 0 saturated heterocycles. The van der Waals surface area contributed by atoms with Crippen LogP contribution in [-0.4, -0.2) is 23.9 Å². The monoisotopic (exact) mass is 339 g/mol. The van der Waals surface area contributed by atoms with Crippen molar-refractivity contribution in [2.45, 2.75) is 45.1 Å². The highest BCUT2D eigenvalue weighted by Gasteiger charge is 2.29. The molecule has 0 unspecified atom stereocenters. The highest BCUT2D eigenvalue weighted by molar-refractivity contribution is 5.98. The molecule has 0 radical (unpaired) electrons. The predicted molar refractivity (Wildman–Crippen MR) is 94.9 cm³/mol. The second-order valence-corrected chi connectivity index (χ2v) is 6.10. The summed E-state index contributed by atoms with van der Waals surface area (Å²) in [6, 6.07) is 7.00. The van der Waals surface area contributed by atoms with Gasteiger partial charge in [0, 0.05) is 29.3 Å². The number of carbonyl (C=O) groups excluding carboxylic acids is 2. The Kier molecular flexibility index (Phi) is 7.03. The number of carbonyl (C=O) groups is 2. The molecule has 0 spiro atoms. The zero-order valence-electron chi connectivity index (χ0n) is 13.7. The molecule has 128 valence electrons. The molecule has 1 aromatic rings. The van der Waals surface area contributed by atoms with E-state index in [0.29, 0.717) is 17.8 Å². The minimum absolute atomic E-state index is 0. The van der Waals surface area contributed by atoms with Gasteiger partial charge in [0.25, 0.3) is 5.91 Å². The van der Waals surface area contributed by atoms with Gasteiger partial charge >= 0.3 is 0 Å². The Balaban J connectivity index is 0.00000264. The molecule has 1 aliphatic carbocycles. The summed E-state index contributed by atoms with van der Waals surface area (Å²) in [5.41, 5.74) is 7.01. The van der Waals surface area contributed by atoms with Crippen molar-refractivity contribution >= 4 is 29.9 Å². The third kappa shape index (κ3) is 5.52. The van der Waals surface area contributed by atoms with E-state index >= 15 is 0 Å². The van der Waals surface area contributed by atoms with E-state index < -0.39 is 0 Å². The lowest BCUT2D eigenvalue weighted by atomic mass is 9.94. The molecule has 0 bridgehead atoms. The average Bonchev–Trinajstić information content (AvgIpc) is 3.37. The average molecular weight is 340 g/mol. The predicted octanol–water partition coefficient (Wildman–Crippen LogP) is 2.70. The number of rotatable bonds is 7. The van der Waals surface area contributed by atoms with E-state index in [1.54, 1.807) is 24.3 Å². The van der Waals surface area contributed by atoms with Gasteiger partial charge in [-0.15, -0.1) is 12.4 Å². The lowest BCUT2D eigenvalue weighted by Crippen LogP contribution is -2.49. The third-order valence-corrected chi connectivity index (χ3v) is 4.35. The number of nitrogens with one attached hydrogen (secondary N) is 2. The van der Waals surface area contributed by atoms with Crippen molar-refractivity contribution in [3.63, 3.8) is 0 Å². The number of nitrogens with two attached hydrogens (primary N) is 1. The van der Waals surface area contributed by atoms with Crippen molar-refractivity contribution in [1.29, 1.82) is 0 Å². The Labute approximate surface area is 143 Å². The van der Waals surface area contributed by atoms with Gasteiger partial charge in [0.1, 0.15) is 0 Å². The summed E-state index contributed by atoms with van der Waals surface area (Å²) in [6.45, 7) is 4.48. The first-order valence-electron chi connectivity index (χ1n) is 7.95. The van der Waals surface area contributed by atoms with Gasteiger partial charge in [-0.25, -0.2) is 0 Å². The Hall–Kier alpha value is -1.59. The summed E-state index contributed by atoms with van der Waals surface area (Å²) in [7, 11) is 0. The van der Waals surface area contributed by atoms with E-state index in [0.717, 1.165) is 25.7 Å². The second-order valence-electron chi connectivity index (χ2n) is 6.10. The maximum Gasteiger partial charge on any atom is 0.251 e. The maximum absolute atomic E-state index is 12.2. The highest BCUT2D eigenvalue weighted by atomic mass is 35.5. The minimum Gasteiger partial charge on any atom is -0.350 e. The van der Waals surface area contributed by atoms with Crippen molar-refractivity contribution in [3.05, 3.63) is 29.8 Å². The molecule has 4 N–H and O–H groups in total. The fourth-order valence-corrected chi connectivity index (χ4v) is 2.19. The summed E-state index contributed by atoms with van der Waals surface area (Å²) in [4.78, 5) is 24.0. The molecule has 23 heavy (non-hydrogen) atoms. The maximum atomic E-state index is 12.2. The smallest absolute Gasteiger partial charge is 0.251 e. The van der Waals surface area contributed by atoms with Gasteiger partial charge in [0.05, 0.1) is 0 Å². The third-order valence-electron chi connectivity index (χ3n) is 4.35. The lowest BCUT2D eigenvalue weighted by Gasteiger charge is -2.26. The first-order valence-corrected chi connectivity index (χ1v) is 7.95.